The summed E-state index contributed by atoms with van der Waals surface area (Å²) in [7, 11) is 0. The molecule has 0 fully saturated rings. The van der Waals surface area contributed by atoms with E-state index in [1.165, 1.54) is 11.8 Å². The van der Waals surface area contributed by atoms with Gasteiger partial charge in [-0.1, -0.05) is 0 Å². The van der Waals surface area contributed by atoms with E-state index in [2.05, 4.69) is 0 Å². The van der Waals surface area contributed by atoms with Crippen LogP contribution in [0.1, 0.15) is 6.42 Å². The lowest BCUT2D eigenvalue weighted by atomic mass is 9.99. The van der Waals surface area contributed by atoms with Gasteiger partial charge in [0.1, 0.15) is 6.29 Å². The minimum atomic E-state index is -1.47. The molecule has 1 atom stereocenters. The smallest absolute Gasteiger partial charge is 0.244 e. The maximum absolute atomic E-state index is 10.6. The Hall–Kier alpha value is -0.550. The predicted molar refractivity (Wildman–Crippen MR) is 45.2 cm³/mol. The van der Waals surface area contributed by atoms with Gasteiger partial charge in [0.2, 0.25) is 5.91 Å². The van der Waals surface area contributed by atoms with Crippen LogP contribution < -0.4 is 11.5 Å². The zero-order valence-corrected chi connectivity index (χ0v) is 7.19. The van der Waals surface area contributed by atoms with Gasteiger partial charge in [0, 0.05) is 0 Å². The lowest BCUT2D eigenvalue weighted by molar-refractivity contribution is -0.128. The van der Waals surface area contributed by atoms with Crippen molar-refractivity contribution in [2.24, 2.45) is 11.5 Å². The molecule has 0 aromatic carbocycles. The first-order chi connectivity index (χ1) is 5.06. The van der Waals surface area contributed by atoms with Gasteiger partial charge in [0.05, 0.1) is 0 Å². The molecule has 1 unspecified atom stereocenters. The summed E-state index contributed by atoms with van der Waals surface area (Å²) in [5, 5.41) is 0. The molecule has 0 heterocycles. The first-order valence-electron chi connectivity index (χ1n) is 3.11. The van der Waals surface area contributed by atoms with Crippen LogP contribution >= 0.6 is 11.8 Å². The molecular weight excluding hydrogens is 164 g/mol. The first kappa shape index (κ1) is 10.4. The topological polar surface area (TPSA) is 86.2 Å². The van der Waals surface area contributed by atoms with Crippen molar-refractivity contribution in [3.05, 3.63) is 0 Å². The minimum Gasteiger partial charge on any atom is -0.368 e. The molecule has 64 valence electrons. The second kappa shape index (κ2) is 4.35. The summed E-state index contributed by atoms with van der Waals surface area (Å²) in [5.41, 5.74) is 8.82. The number of thioether (sulfide) groups is 1. The number of hydrogen-bond donors (Lipinski definition) is 2. The molecule has 11 heavy (non-hydrogen) atoms. The standard InChI is InChI=1S/C6H12N2O2S/c1-11-3-2-6(8,4-9)5(7)10/h4H,2-3,8H2,1H3,(H2,7,10). The van der Waals surface area contributed by atoms with Gasteiger partial charge in [-0.2, -0.15) is 11.8 Å². The van der Waals surface area contributed by atoms with Crippen molar-refractivity contribution >= 4 is 24.0 Å². The van der Waals surface area contributed by atoms with E-state index >= 15 is 0 Å². The highest BCUT2D eigenvalue weighted by atomic mass is 32.2. The summed E-state index contributed by atoms with van der Waals surface area (Å²) in [5.74, 6) is -0.111. The number of amides is 1. The number of carbonyl (C=O) groups excluding carboxylic acids is 2. The van der Waals surface area contributed by atoms with Crippen molar-refractivity contribution in [1.82, 2.24) is 0 Å². The molecule has 0 aliphatic carbocycles. The van der Waals surface area contributed by atoms with Crippen molar-refractivity contribution in [1.29, 1.82) is 0 Å². The van der Waals surface area contributed by atoms with Gasteiger partial charge in [-0.3, -0.25) is 4.79 Å². The van der Waals surface area contributed by atoms with Crippen molar-refractivity contribution in [2.75, 3.05) is 12.0 Å². The largest absolute Gasteiger partial charge is 0.368 e. The second-order valence-corrected chi connectivity index (χ2v) is 3.25. The highest BCUT2D eigenvalue weighted by molar-refractivity contribution is 7.98. The van der Waals surface area contributed by atoms with Crippen molar-refractivity contribution in [3.8, 4) is 0 Å². The lowest BCUT2D eigenvalue weighted by Gasteiger charge is -2.17. The molecule has 4 nitrogen and oxygen atoms in total. The van der Waals surface area contributed by atoms with Crippen LogP contribution in [0.5, 0.6) is 0 Å². The number of nitrogens with two attached hydrogens (primary N) is 2. The number of rotatable bonds is 5. The van der Waals surface area contributed by atoms with Gasteiger partial charge in [-0.25, -0.2) is 0 Å². The Kier molecular flexibility index (Phi) is 4.14. The van der Waals surface area contributed by atoms with Crippen molar-refractivity contribution in [3.63, 3.8) is 0 Å². The third kappa shape index (κ3) is 2.90. The van der Waals surface area contributed by atoms with E-state index in [1.54, 1.807) is 0 Å². The zero-order chi connectivity index (χ0) is 8.91. The van der Waals surface area contributed by atoms with E-state index in [1.807, 2.05) is 6.26 Å². The maximum Gasteiger partial charge on any atom is 0.244 e. The SMILES string of the molecule is CSCCC(N)(C=O)C(N)=O. The summed E-state index contributed by atoms with van der Waals surface area (Å²) in [6, 6.07) is 0. The quantitative estimate of drug-likeness (QED) is 0.421. The Morgan fingerprint density at radius 2 is 2.27 bits per heavy atom. The highest BCUT2D eigenvalue weighted by Crippen LogP contribution is 2.06. The molecule has 0 saturated heterocycles. The fraction of sp³-hybridized carbons (Fsp3) is 0.667. The first-order valence-corrected chi connectivity index (χ1v) is 4.50. The van der Waals surface area contributed by atoms with Crippen molar-refractivity contribution < 1.29 is 9.59 Å². The molecule has 5 heteroatoms. The molecule has 0 aromatic rings. The van der Waals surface area contributed by atoms with Gasteiger partial charge >= 0.3 is 0 Å². The molecule has 0 spiro atoms. The summed E-state index contributed by atoms with van der Waals surface area (Å²) < 4.78 is 0. The normalized spacial score (nSPS) is 15.5. The van der Waals surface area contributed by atoms with Gasteiger partial charge in [0.25, 0.3) is 0 Å². The highest BCUT2D eigenvalue weighted by Gasteiger charge is 2.30. The number of primary amides is 1. The molecule has 0 saturated carbocycles. The third-order valence-corrected chi connectivity index (χ3v) is 2.00. The zero-order valence-electron chi connectivity index (χ0n) is 6.37. The monoisotopic (exact) mass is 176 g/mol. The number of hydrogen-bond acceptors (Lipinski definition) is 4. The Bertz CT molecular complexity index is 163. The molecule has 0 aromatic heterocycles. The Morgan fingerprint density at radius 3 is 2.55 bits per heavy atom. The molecule has 0 radical (unpaired) electrons. The van der Waals surface area contributed by atoms with Gasteiger partial charge in [0.15, 0.2) is 5.54 Å². The summed E-state index contributed by atoms with van der Waals surface area (Å²) in [6.45, 7) is 0. The lowest BCUT2D eigenvalue weighted by Crippen LogP contribution is -2.53. The summed E-state index contributed by atoms with van der Waals surface area (Å²) in [4.78, 5) is 21.0. The molecule has 0 aliphatic rings. The van der Waals surface area contributed by atoms with Crippen LogP contribution in [0.25, 0.3) is 0 Å². The average Bonchev–Trinajstić information content (AvgIpc) is 2.00. The number of carbonyl (C=O) groups is 2. The Labute approximate surface area is 69.7 Å². The second-order valence-electron chi connectivity index (χ2n) is 2.27. The molecular formula is C6H12N2O2S. The summed E-state index contributed by atoms with van der Waals surface area (Å²) in [6.07, 6.45) is 2.57. The van der Waals surface area contributed by atoms with Crippen LogP contribution in [-0.4, -0.2) is 29.7 Å². The predicted octanol–water partition coefficient (Wildman–Crippen LogP) is -0.879. The van der Waals surface area contributed by atoms with E-state index in [-0.39, 0.29) is 0 Å². The summed E-state index contributed by atoms with van der Waals surface area (Å²) >= 11 is 1.51. The van der Waals surface area contributed by atoms with Crippen LogP contribution in [0.15, 0.2) is 0 Å². The van der Waals surface area contributed by atoms with E-state index in [4.69, 9.17) is 11.5 Å². The van der Waals surface area contributed by atoms with E-state index < -0.39 is 11.4 Å². The molecule has 0 bridgehead atoms. The minimum absolute atomic E-state index is 0.299. The number of aldehydes is 1. The van der Waals surface area contributed by atoms with E-state index in [0.717, 1.165) is 0 Å². The van der Waals surface area contributed by atoms with Crippen LogP contribution in [0.3, 0.4) is 0 Å². The molecule has 1 amide bonds. The van der Waals surface area contributed by atoms with Crippen LogP contribution in [0.4, 0.5) is 0 Å². The molecule has 0 aliphatic heterocycles. The van der Waals surface area contributed by atoms with Crippen LogP contribution in [0.2, 0.25) is 0 Å². The molecule has 0 rings (SSSR count). The Balaban J connectivity index is 4.10. The average molecular weight is 176 g/mol. The third-order valence-electron chi connectivity index (χ3n) is 1.39. The van der Waals surface area contributed by atoms with Gasteiger partial charge < -0.3 is 16.3 Å². The van der Waals surface area contributed by atoms with Gasteiger partial charge in [-0.05, 0) is 18.4 Å². The maximum atomic E-state index is 10.6. The Morgan fingerprint density at radius 1 is 1.73 bits per heavy atom. The van der Waals surface area contributed by atoms with Gasteiger partial charge in [-0.15, -0.1) is 0 Å². The van der Waals surface area contributed by atoms with Crippen molar-refractivity contribution in [2.45, 2.75) is 12.0 Å². The molecule has 4 N–H and O–H groups in total. The van der Waals surface area contributed by atoms with E-state index in [9.17, 15) is 9.59 Å². The van der Waals surface area contributed by atoms with Crippen LogP contribution in [-0.2, 0) is 9.59 Å². The fourth-order valence-corrected chi connectivity index (χ4v) is 1.05. The van der Waals surface area contributed by atoms with Crippen LogP contribution in [0, 0.1) is 0 Å². The fourth-order valence-electron chi connectivity index (χ4n) is 0.511. The van der Waals surface area contributed by atoms with E-state index in [0.29, 0.717) is 18.5 Å².